The molecular formula is C23H25N3O5S2. The molecule has 174 valence electrons. The van der Waals surface area contributed by atoms with Gasteiger partial charge in [0.1, 0.15) is 21.8 Å². The van der Waals surface area contributed by atoms with Crippen LogP contribution in [0.5, 0.6) is 11.5 Å². The van der Waals surface area contributed by atoms with Crippen LogP contribution in [-0.4, -0.2) is 68.6 Å². The molecule has 0 radical (unpaired) electrons. The van der Waals surface area contributed by atoms with Gasteiger partial charge in [-0.2, -0.15) is 4.31 Å². The highest BCUT2D eigenvalue weighted by molar-refractivity contribution is 8.00. The van der Waals surface area contributed by atoms with Crippen LogP contribution in [0, 0.1) is 0 Å². The number of benzene rings is 2. The minimum atomic E-state index is -3.80. The van der Waals surface area contributed by atoms with E-state index in [4.69, 9.17) is 9.47 Å². The van der Waals surface area contributed by atoms with E-state index in [1.165, 1.54) is 23.1 Å². The van der Waals surface area contributed by atoms with Crippen LogP contribution in [0.25, 0.3) is 10.9 Å². The number of methoxy groups -OCH3 is 2. The topological polar surface area (TPSA) is 89.0 Å². The molecule has 1 aromatic heterocycles. The summed E-state index contributed by atoms with van der Waals surface area (Å²) in [6.07, 6.45) is 1.58. The summed E-state index contributed by atoms with van der Waals surface area (Å²) in [5.74, 6) is 1.58. The quantitative estimate of drug-likeness (QED) is 0.482. The zero-order valence-electron chi connectivity index (χ0n) is 18.6. The molecule has 0 spiro atoms. The predicted molar refractivity (Wildman–Crippen MR) is 128 cm³/mol. The number of ether oxygens (including phenoxy) is 2. The first-order valence-corrected chi connectivity index (χ1v) is 12.8. The van der Waals surface area contributed by atoms with E-state index in [0.717, 1.165) is 10.9 Å². The molecule has 1 fully saturated rings. The number of nitrogens with zero attached hydrogens (tertiary/aromatic N) is 3. The molecule has 3 aromatic rings. The van der Waals surface area contributed by atoms with Crippen molar-refractivity contribution in [3.8, 4) is 11.5 Å². The summed E-state index contributed by atoms with van der Waals surface area (Å²) >= 11 is 1.48. The number of amides is 1. The zero-order valence-corrected chi connectivity index (χ0v) is 20.2. The average molecular weight is 488 g/mol. The molecule has 1 saturated heterocycles. The largest absolute Gasteiger partial charge is 0.497 e. The Morgan fingerprint density at radius 2 is 1.94 bits per heavy atom. The maximum atomic E-state index is 13.3. The van der Waals surface area contributed by atoms with Crippen molar-refractivity contribution in [2.24, 2.45) is 0 Å². The summed E-state index contributed by atoms with van der Waals surface area (Å²) in [5.41, 5.74) is 1.25. The number of hydrogen-bond donors (Lipinski definition) is 0. The Kier molecular flexibility index (Phi) is 6.78. The van der Waals surface area contributed by atoms with Crippen LogP contribution in [0.3, 0.4) is 0 Å². The van der Waals surface area contributed by atoms with Crippen molar-refractivity contribution in [3.05, 3.63) is 60.3 Å². The Morgan fingerprint density at radius 3 is 2.70 bits per heavy atom. The maximum absolute atomic E-state index is 13.3. The highest BCUT2D eigenvalue weighted by Gasteiger charge is 2.35. The molecule has 0 aliphatic carbocycles. The number of rotatable bonds is 8. The van der Waals surface area contributed by atoms with E-state index in [1.807, 2.05) is 18.2 Å². The molecule has 2 heterocycles. The number of pyridine rings is 1. The normalized spacial score (nSPS) is 16.5. The summed E-state index contributed by atoms with van der Waals surface area (Å²) in [7, 11) is 0.881. The van der Waals surface area contributed by atoms with Gasteiger partial charge in [0.25, 0.3) is 0 Å². The fraction of sp³-hybridized carbons (Fsp3) is 0.304. The average Bonchev–Trinajstić information content (AvgIpc) is 3.21. The third-order valence-corrected chi connectivity index (χ3v) is 8.74. The first-order valence-electron chi connectivity index (χ1n) is 10.3. The summed E-state index contributed by atoms with van der Waals surface area (Å²) in [6.45, 7) is 0.380. The molecule has 0 saturated carbocycles. The molecule has 0 N–H and O–H groups in total. The standard InChI is InChI=1S/C23H25N3O5S2/c1-25(33(28,29)20-8-4-6-16-7-5-11-24-22(16)20)12-13-26-21(27)15-32-23(26)18-14-17(30-2)9-10-19(18)31-3/h4-11,14,23H,12-13,15H2,1-3H3/t23-/m0/s1. The zero-order chi connectivity index (χ0) is 23.6. The van der Waals surface area contributed by atoms with Crippen LogP contribution >= 0.6 is 11.8 Å². The fourth-order valence-corrected chi connectivity index (χ4v) is 6.36. The van der Waals surface area contributed by atoms with E-state index < -0.39 is 10.0 Å². The van der Waals surface area contributed by atoms with E-state index >= 15 is 0 Å². The van der Waals surface area contributed by atoms with Crippen LogP contribution in [0.2, 0.25) is 0 Å². The third-order valence-electron chi connectivity index (χ3n) is 5.61. The lowest BCUT2D eigenvalue weighted by molar-refractivity contribution is -0.128. The number of hydrogen-bond acceptors (Lipinski definition) is 7. The molecular weight excluding hydrogens is 462 g/mol. The van der Waals surface area contributed by atoms with E-state index in [2.05, 4.69) is 4.98 Å². The van der Waals surface area contributed by atoms with Crippen molar-refractivity contribution in [3.63, 3.8) is 0 Å². The molecule has 0 bridgehead atoms. The van der Waals surface area contributed by atoms with E-state index in [-0.39, 0.29) is 29.3 Å². The Hall–Kier alpha value is -2.82. The Balaban J connectivity index is 1.57. The van der Waals surface area contributed by atoms with Crippen molar-refractivity contribution in [2.75, 3.05) is 40.1 Å². The molecule has 4 rings (SSSR count). The van der Waals surface area contributed by atoms with Crippen LogP contribution in [0.15, 0.2) is 59.6 Å². The lowest BCUT2D eigenvalue weighted by Crippen LogP contribution is -2.38. The second-order valence-corrected chi connectivity index (χ2v) is 10.6. The summed E-state index contributed by atoms with van der Waals surface area (Å²) in [5, 5.41) is 0.459. The molecule has 1 amide bonds. The van der Waals surface area contributed by atoms with Crippen LogP contribution in [0.1, 0.15) is 10.9 Å². The molecule has 33 heavy (non-hydrogen) atoms. The van der Waals surface area contributed by atoms with Crippen LogP contribution < -0.4 is 9.47 Å². The SMILES string of the molecule is COc1ccc(OC)c([C@@H]2SCC(=O)N2CCN(C)S(=O)(=O)c2cccc3cccnc23)c1. The fourth-order valence-electron chi connectivity index (χ4n) is 3.81. The van der Waals surface area contributed by atoms with Gasteiger partial charge in [-0.15, -0.1) is 11.8 Å². The lowest BCUT2D eigenvalue weighted by atomic mass is 10.1. The van der Waals surface area contributed by atoms with E-state index in [0.29, 0.717) is 22.8 Å². The molecule has 0 unspecified atom stereocenters. The number of thioether (sulfide) groups is 1. The van der Waals surface area contributed by atoms with Gasteiger partial charge in [0, 0.05) is 37.3 Å². The Bertz CT molecular complexity index is 1280. The van der Waals surface area contributed by atoms with Crippen molar-refractivity contribution in [2.45, 2.75) is 10.3 Å². The van der Waals surface area contributed by atoms with Crippen LogP contribution in [0.4, 0.5) is 0 Å². The molecule has 1 aliphatic rings. The smallest absolute Gasteiger partial charge is 0.245 e. The number of likely N-dealkylation sites (N-methyl/N-ethyl adjacent to an activating group) is 1. The lowest BCUT2D eigenvalue weighted by Gasteiger charge is -2.28. The van der Waals surface area contributed by atoms with Gasteiger partial charge in [-0.3, -0.25) is 9.78 Å². The molecule has 1 aliphatic heterocycles. The first-order chi connectivity index (χ1) is 15.9. The predicted octanol–water partition coefficient (Wildman–Crippen LogP) is 3.15. The molecule has 8 nitrogen and oxygen atoms in total. The number of carbonyl (C=O) groups excluding carboxylic acids is 1. The van der Waals surface area contributed by atoms with Crippen molar-refractivity contribution in [1.29, 1.82) is 0 Å². The molecule has 2 aromatic carbocycles. The second-order valence-electron chi connectivity index (χ2n) is 7.52. The van der Waals surface area contributed by atoms with E-state index in [9.17, 15) is 13.2 Å². The van der Waals surface area contributed by atoms with E-state index in [1.54, 1.807) is 55.6 Å². The van der Waals surface area contributed by atoms with Gasteiger partial charge in [-0.05, 0) is 30.3 Å². The van der Waals surface area contributed by atoms with Gasteiger partial charge in [0.2, 0.25) is 15.9 Å². The van der Waals surface area contributed by atoms with Gasteiger partial charge in [0.05, 0.1) is 25.5 Å². The van der Waals surface area contributed by atoms with Gasteiger partial charge in [-0.25, -0.2) is 8.42 Å². The van der Waals surface area contributed by atoms with Crippen molar-refractivity contribution < 1.29 is 22.7 Å². The molecule has 1 atom stereocenters. The van der Waals surface area contributed by atoms with Crippen LogP contribution in [-0.2, 0) is 14.8 Å². The van der Waals surface area contributed by atoms with Gasteiger partial charge >= 0.3 is 0 Å². The van der Waals surface area contributed by atoms with Crippen molar-refractivity contribution in [1.82, 2.24) is 14.2 Å². The minimum Gasteiger partial charge on any atom is -0.497 e. The number of sulfonamides is 1. The Labute approximate surface area is 197 Å². The minimum absolute atomic E-state index is 0.0486. The van der Waals surface area contributed by atoms with Gasteiger partial charge in [0.15, 0.2) is 0 Å². The van der Waals surface area contributed by atoms with Gasteiger partial charge in [-0.1, -0.05) is 18.2 Å². The Morgan fingerprint density at radius 1 is 1.15 bits per heavy atom. The first kappa shape index (κ1) is 23.3. The third kappa shape index (κ3) is 4.50. The highest BCUT2D eigenvalue weighted by atomic mass is 32.2. The summed E-state index contributed by atoms with van der Waals surface area (Å²) < 4.78 is 38.7. The number of carbonyl (C=O) groups is 1. The monoisotopic (exact) mass is 487 g/mol. The second kappa shape index (κ2) is 9.58. The van der Waals surface area contributed by atoms with Gasteiger partial charge < -0.3 is 14.4 Å². The van der Waals surface area contributed by atoms with Crippen molar-refractivity contribution >= 4 is 38.6 Å². The number of fused-ring (bicyclic) bond motifs is 1. The molecule has 10 heteroatoms. The highest BCUT2D eigenvalue weighted by Crippen LogP contribution is 2.43. The summed E-state index contributed by atoms with van der Waals surface area (Å²) in [6, 6.07) is 14.1. The summed E-state index contributed by atoms with van der Waals surface area (Å²) in [4.78, 5) is 18.8. The number of aromatic nitrogens is 1. The maximum Gasteiger partial charge on any atom is 0.245 e. The number of para-hydroxylation sites is 1.